The summed E-state index contributed by atoms with van der Waals surface area (Å²) in [6, 6.07) is 7.50. The zero-order valence-corrected chi connectivity index (χ0v) is 14.9. The van der Waals surface area contributed by atoms with Gasteiger partial charge in [-0.3, -0.25) is 4.79 Å². The molecule has 0 saturated heterocycles. The van der Waals surface area contributed by atoms with Gasteiger partial charge in [-0.25, -0.2) is 0 Å². The number of hydrogen-bond donors (Lipinski definition) is 0. The Hall–Kier alpha value is -0.590. The second-order valence-corrected chi connectivity index (χ2v) is 8.24. The molecule has 0 bridgehead atoms. The molecule has 9 heteroatoms. The van der Waals surface area contributed by atoms with E-state index in [-0.39, 0.29) is 15.6 Å². The molecule has 0 radical (unpaired) electrons. The van der Waals surface area contributed by atoms with Crippen molar-refractivity contribution in [2.75, 3.05) is 0 Å². The van der Waals surface area contributed by atoms with E-state index in [1.54, 1.807) is 18.2 Å². The van der Waals surface area contributed by atoms with Crippen molar-refractivity contribution in [3.63, 3.8) is 0 Å². The van der Waals surface area contributed by atoms with Crippen LogP contribution in [0.15, 0.2) is 49.7 Å². The third-order valence-electron chi connectivity index (χ3n) is 3.04. The first kappa shape index (κ1) is 17.8. The number of carbonyl (C=O) groups excluding carboxylic acids is 1. The lowest BCUT2D eigenvalue weighted by Crippen LogP contribution is -2.47. The Bertz CT molecular complexity index is 785. The fourth-order valence-electron chi connectivity index (χ4n) is 1.77. The lowest BCUT2D eigenvalue weighted by atomic mass is 9.91. The minimum atomic E-state index is -4.06. The van der Waals surface area contributed by atoms with Crippen molar-refractivity contribution in [2.45, 2.75) is 22.1 Å². The molecule has 4 nitrogen and oxygen atoms in total. The Labute approximate surface area is 147 Å². The van der Waals surface area contributed by atoms with E-state index in [4.69, 9.17) is 46.4 Å². The van der Waals surface area contributed by atoms with Crippen LogP contribution < -0.4 is 0 Å². The van der Waals surface area contributed by atoms with Crippen LogP contribution in [0.5, 0.6) is 0 Å². The van der Waals surface area contributed by atoms with E-state index in [0.29, 0.717) is 0 Å². The first-order valence-corrected chi connectivity index (χ1v) is 8.93. The highest BCUT2D eigenvalue weighted by atomic mass is 35.5. The molecule has 22 heavy (non-hydrogen) atoms. The number of hydrogen-bond acceptors (Lipinski definition) is 3. The number of alkyl halides is 2. The van der Waals surface area contributed by atoms with Gasteiger partial charge in [0.25, 0.3) is 10.0 Å². The average Bonchev–Trinajstić information content (AvgIpc) is 2.49. The van der Waals surface area contributed by atoms with Gasteiger partial charge in [0.2, 0.25) is 0 Å². The van der Waals surface area contributed by atoms with Crippen LogP contribution in [0.3, 0.4) is 0 Å². The zero-order chi connectivity index (χ0) is 16.7. The maximum atomic E-state index is 12.3. The molecule has 1 aromatic carbocycles. The Morgan fingerprint density at radius 2 is 1.68 bits per heavy atom. The van der Waals surface area contributed by atoms with Gasteiger partial charge in [-0.2, -0.15) is 12.8 Å². The van der Waals surface area contributed by atoms with E-state index in [1.165, 1.54) is 19.1 Å². The number of ketones is 1. The molecule has 2 atom stereocenters. The van der Waals surface area contributed by atoms with E-state index in [0.717, 1.165) is 0 Å². The van der Waals surface area contributed by atoms with Crippen LogP contribution >= 0.6 is 46.4 Å². The molecular formula is C13H9Cl4NO3S. The van der Waals surface area contributed by atoms with E-state index in [9.17, 15) is 13.2 Å². The van der Waals surface area contributed by atoms with Crippen molar-refractivity contribution in [2.24, 2.45) is 4.40 Å². The van der Waals surface area contributed by atoms with Gasteiger partial charge in [0.1, 0.15) is 15.3 Å². The normalized spacial score (nSPS) is 28.3. The van der Waals surface area contributed by atoms with Crippen molar-refractivity contribution in [1.82, 2.24) is 0 Å². The molecule has 0 saturated carbocycles. The minimum absolute atomic E-state index is 0.0415. The van der Waals surface area contributed by atoms with Gasteiger partial charge in [-0.1, -0.05) is 41.4 Å². The van der Waals surface area contributed by atoms with Crippen molar-refractivity contribution in [3.8, 4) is 0 Å². The number of benzene rings is 1. The molecule has 2 rings (SSSR count). The van der Waals surface area contributed by atoms with Crippen LogP contribution in [0.4, 0.5) is 0 Å². The number of sulfonamides is 1. The number of halogens is 4. The smallest absolute Gasteiger partial charge is 0.282 e. The Morgan fingerprint density at radius 3 is 2.23 bits per heavy atom. The molecule has 0 fully saturated rings. The summed E-state index contributed by atoms with van der Waals surface area (Å²) in [7, 11) is -4.06. The van der Waals surface area contributed by atoms with Gasteiger partial charge in [-0.15, -0.1) is 23.2 Å². The highest BCUT2D eigenvalue weighted by molar-refractivity contribution is 7.90. The van der Waals surface area contributed by atoms with Crippen LogP contribution in [-0.4, -0.2) is 30.2 Å². The van der Waals surface area contributed by atoms with Gasteiger partial charge in [0.05, 0.1) is 15.6 Å². The molecule has 1 aliphatic rings. The first-order chi connectivity index (χ1) is 10.1. The Kier molecular flexibility index (Phi) is 4.95. The lowest BCUT2D eigenvalue weighted by Gasteiger charge is -2.31. The van der Waals surface area contributed by atoms with E-state index >= 15 is 0 Å². The van der Waals surface area contributed by atoms with Crippen LogP contribution in [-0.2, 0) is 14.8 Å². The predicted molar refractivity (Wildman–Crippen MR) is 88.7 cm³/mol. The number of carbonyl (C=O) groups is 1. The SMILES string of the molecule is C[C@]1(Cl)C(=O)C(Cl)=C(Cl)C(=NS(=O)(=O)c2ccccc2)[C@@H]1Cl. The topological polar surface area (TPSA) is 63.6 Å². The third-order valence-corrected chi connectivity index (χ3v) is 6.33. The molecular weight excluding hydrogens is 392 g/mol. The summed E-state index contributed by atoms with van der Waals surface area (Å²) >= 11 is 23.9. The summed E-state index contributed by atoms with van der Waals surface area (Å²) in [6.45, 7) is 1.32. The molecule has 0 unspecified atom stereocenters. The van der Waals surface area contributed by atoms with Crippen molar-refractivity contribution in [1.29, 1.82) is 0 Å². The van der Waals surface area contributed by atoms with Gasteiger partial charge in [0, 0.05) is 0 Å². The highest BCUT2D eigenvalue weighted by Crippen LogP contribution is 2.39. The monoisotopic (exact) mass is 399 g/mol. The van der Waals surface area contributed by atoms with Crippen LogP contribution in [0.1, 0.15) is 6.92 Å². The van der Waals surface area contributed by atoms with Crippen molar-refractivity contribution >= 4 is 67.9 Å². The van der Waals surface area contributed by atoms with Crippen LogP contribution in [0.25, 0.3) is 0 Å². The molecule has 1 aromatic rings. The second-order valence-electron chi connectivity index (χ2n) is 4.66. The zero-order valence-electron chi connectivity index (χ0n) is 11.1. The largest absolute Gasteiger partial charge is 0.291 e. The summed E-state index contributed by atoms with van der Waals surface area (Å²) < 4.78 is 28.2. The maximum Gasteiger partial charge on any atom is 0.282 e. The molecule has 0 spiro atoms. The molecule has 0 aromatic heterocycles. The van der Waals surface area contributed by atoms with Gasteiger partial charge in [-0.05, 0) is 19.1 Å². The van der Waals surface area contributed by atoms with Gasteiger partial charge < -0.3 is 0 Å². The molecule has 0 N–H and O–H groups in total. The molecule has 0 aliphatic heterocycles. The summed E-state index contributed by atoms with van der Waals surface area (Å²) in [5.41, 5.74) is -0.255. The Balaban J connectivity index is 2.63. The van der Waals surface area contributed by atoms with Crippen molar-refractivity contribution in [3.05, 3.63) is 40.4 Å². The predicted octanol–water partition coefficient (Wildman–Crippen LogP) is 3.69. The second kappa shape index (κ2) is 6.13. The Morgan fingerprint density at radius 1 is 1.14 bits per heavy atom. The highest BCUT2D eigenvalue weighted by Gasteiger charge is 2.49. The fraction of sp³-hybridized carbons (Fsp3) is 0.231. The summed E-state index contributed by atoms with van der Waals surface area (Å²) in [6.07, 6.45) is 0. The van der Waals surface area contributed by atoms with Gasteiger partial charge >= 0.3 is 0 Å². The molecule has 1 aliphatic carbocycles. The summed E-state index contributed by atoms with van der Waals surface area (Å²) in [5, 5.41) is -1.95. The van der Waals surface area contributed by atoms with Crippen molar-refractivity contribution < 1.29 is 13.2 Å². The number of rotatable bonds is 2. The van der Waals surface area contributed by atoms with E-state index < -0.39 is 31.1 Å². The minimum Gasteiger partial charge on any atom is -0.291 e. The maximum absolute atomic E-state index is 12.3. The lowest BCUT2D eigenvalue weighted by molar-refractivity contribution is -0.117. The third kappa shape index (κ3) is 3.05. The van der Waals surface area contributed by atoms with Gasteiger partial charge in [0.15, 0.2) is 5.78 Å². The number of nitrogens with zero attached hydrogens (tertiary/aromatic N) is 1. The standard InChI is InChI=1S/C13H9Cl4NO3S/c1-13(17)11(16)10(8(14)9(15)12(13)19)18-22(20,21)7-5-3-2-4-6-7/h2-6,11H,1H3/t11-,13+/m0/s1. The first-order valence-electron chi connectivity index (χ1n) is 5.92. The van der Waals surface area contributed by atoms with E-state index in [1.807, 2.05) is 0 Å². The fourth-order valence-corrected chi connectivity index (χ4v) is 4.03. The average molecular weight is 401 g/mol. The number of Topliss-reactive ketones (excluding diaryl/α,β-unsaturated/α-hetero) is 1. The summed E-state index contributed by atoms with van der Waals surface area (Å²) in [5.74, 6) is -0.683. The molecule has 0 heterocycles. The van der Waals surface area contributed by atoms with E-state index in [2.05, 4.69) is 4.40 Å². The van der Waals surface area contributed by atoms with Crippen LogP contribution in [0, 0.1) is 0 Å². The molecule has 118 valence electrons. The number of allylic oxidation sites excluding steroid dienone is 2. The summed E-state index contributed by atoms with van der Waals surface area (Å²) in [4.78, 5) is 10.3. The quantitative estimate of drug-likeness (QED) is 0.711. The molecule has 0 amide bonds. The van der Waals surface area contributed by atoms with Crippen LogP contribution in [0.2, 0.25) is 0 Å².